The van der Waals surface area contributed by atoms with Gasteiger partial charge in [0, 0.05) is 0 Å². The molecule has 0 radical (unpaired) electrons. The average Bonchev–Trinajstić information content (AvgIpc) is 1.62. The lowest BCUT2D eigenvalue weighted by Gasteiger charge is -2.13. The molecule has 0 aromatic rings. The molecule has 4 nitrogen and oxygen atoms in total. The standard InChI is InChI=1S/C2O3.CClO.Al/c3-1-5-2-4;2-1-3;. The molecule has 0 N–H and O–H groups in total. The van der Waals surface area contributed by atoms with Crippen molar-refractivity contribution in [3.8, 4) is 0 Å². The third-order valence-corrected chi connectivity index (χ3v) is 3.19. The highest BCUT2D eigenvalue weighted by atomic mass is 35.5. The highest BCUT2D eigenvalue weighted by Gasteiger charge is 2.58. The van der Waals surface area contributed by atoms with Gasteiger partial charge in [0.15, 0.2) is 4.10 Å². The van der Waals surface area contributed by atoms with E-state index in [1.807, 2.05) is 0 Å². The van der Waals surface area contributed by atoms with Crippen molar-refractivity contribution in [1.82, 2.24) is 0 Å². The first-order valence-corrected chi connectivity index (χ1v) is 4.19. The zero-order chi connectivity index (χ0) is 7.02. The Morgan fingerprint density at radius 1 is 1.44 bits per heavy atom. The molecular weight excluding hydrogens is 162 g/mol. The van der Waals surface area contributed by atoms with Gasteiger partial charge in [-0.05, 0) is 0 Å². The zero-order valence-corrected chi connectivity index (χ0v) is 6.00. The summed E-state index contributed by atoms with van der Waals surface area (Å²) in [5.74, 6) is 0. The van der Waals surface area contributed by atoms with Gasteiger partial charge >= 0.3 is 14.1 Å². The fourth-order valence-corrected chi connectivity index (χ4v) is 1.82. The van der Waals surface area contributed by atoms with E-state index in [4.69, 9.17) is 11.6 Å². The van der Waals surface area contributed by atoms with Crippen LogP contribution in [0.4, 0.5) is 14.4 Å². The summed E-state index contributed by atoms with van der Waals surface area (Å²) in [7, 11) is 0. The predicted molar refractivity (Wildman–Crippen MR) is 28.9 cm³/mol. The van der Waals surface area contributed by atoms with Crippen molar-refractivity contribution in [2.75, 3.05) is 0 Å². The van der Waals surface area contributed by atoms with Crippen LogP contribution < -0.4 is 0 Å². The van der Waals surface area contributed by atoms with Gasteiger partial charge in [-0.1, -0.05) is 11.6 Å². The van der Waals surface area contributed by atoms with Gasteiger partial charge in [-0.15, -0.1) is 0 Å². The number of carbonyl (C=O) groups excluding carboxylic acids is 3. The molecule has 0 saturated carbocycles. The smallest absolute Gasteiger partial charge is 0.424 e. The molecule has 1 heterocycles. The quantitative estimate of drug-likeness (QED) is 0.326. The van der Waals surface area contributed by atoms with Gasteiger partial charge in [-0.2, -0.15) is 0 Å². The van der Waals surface area contributed by atoms with E-state index in [-0.39, 0.29) is 0 Å². The molecule has 1 aliphatic heterocycles. The van der Waals surface area contributed by atoms with Crippen molar-refractivity contribution in [3.63, 3.8) is 0 Å². The van der Waals surface area contributed by atoms with E-state index in [1.165, 1.54) is 0 Å². The summed E-state index contributed by atoms with van der Waals surface area (Å²) in [5, 5.41) is 0. The molecule has 0 aromatic carbocycles. The molecule has 0 amide bonds. The van der Waals surface area contributed by atoms with Crippen LogP contribution >= 0.6 is 11.6 Å². The summed E-state index contributed by atoms with van der Waals surface area (Å²) in [5.41, 5.74) is 0. The molecule has 6 heteroatoms. The minimum Gasteiger partial charge on any atom is -0.424 e. The van der Waals surface area contributed by atoms with Crippen molar-refractivity contribution in [2.45, 2.75) is 0 Å². The number of cyclic esters (lactones) is 2. The molecule has 1 saturated heterocycles. The number of ether oxygens (including phenoxy) is 1. The predicted octanol–water partition coefficient (Wildman–Crippen LogP) is 0.855. The third kappa shape index (κ3) is 0.991. The summed E-state index contributed by atoms with van der Waals surface area (Å²) in [6.45, 7) is 0. The third-order valence-electron chi connectivity index (χ3n) is 0.900. The maximum atomic E-state index is 10.2. The lowest BCUT2D eigenvalue weighted by Crippen LogP contribution is -2.52. The van der Waals surface area contributed by atoms with Crippen LogP contribution in [0.15, 0.2) is 0 Å². The van der Waals surface area contributed by atoms with E-state index in [1.54, 1.807) is 0 Å². The Morgan fingerprint density at radius 2 is 1.89 bits per heavy atom. The Hall–Kier alpha value is -0.368. The van der Waals surface area contributed by atoms with Crippen LogP contribution in [0.5, 0.6) is 0 Å². The van der Waals surface area contributed by atoms with Gasteiger partial charge in [0.05, 0.1) is 0 Å². The highest BCUT2D eigenvalue weighted by molar-refractivity contribution is 7.38. The molecule has 1 aliphatic rings. The molecule has 0 bridgehead atoms. The van der Waals surface area contributed by atoms with Crippen LogP contribution in [0.3, 0.4) is 0 Å². The first-order chi connectivity index (χ1) is 4.13. The molecule has 1 fully saturated rings. The number of hydrogen-bond donors (Lipinski definition) is 0. The zero-order valence-electron chi connectivity index (χ0n) is 4.09. The number of rotatable bonds is 1. The van der Waals surface area contributed by atoms with Gasteiger partial charge in [-0.3, -0.25) is 9.59 Å². The second-order valence-corrected chi connectivity index (χ2v) is 4.55. The van der Waals surface area contributed by atoms with Crippen molar-refractivity contribution >= 4 is 39.5 Å². The molecule has 46 valence electrons. The van der Waals surface area contributed by atoms with Crippen LogP contribution in [-0.4, -0.2) is 27.9 Å². The highest BCUT2D eigenvalue weighted by Crippen LogP contribution is 2.10. The van der Waals surface area contributed by atoms with Crippen LogP contribution in [0.1, 0.15) is 0 Å². The maximum absolute atomic E-state index is 10.2. The SMILES string of the molecule is O=[C](Cl)[Al]1[C](=O)O[C]1=O. The lowest BCUT2D eigenvalue weighted by molar-refractivity contribution is 0.170. The Kier molecular flexibility index (Phi) is 1.58. The number of hydrogen-bond acceptors (Lipinski definition) is 4. The molecule has 0 aliphatic carbocycles. The first kappa shape index (κ1) is 6.75. The molecule has 0 spiro atoms. The number of carbonyl (C=O) groups is 3. The Morgan fingerprint density at radius 3 is 2.00 bits per heavy atom. The van der Waals surface area contributed by atoms with Crippen LogP contribution in [-0.2, 0) is 4.74 Å². The van der Waals surface area contributed by atoms with Crippen molar-refractivity contribution in [3.05, 3.63) is 0 Å². The van der Waals surface area contributed by atoms with Crippen LogP contribution in [0.2, 0.25) is 0 Å². The van der Waals surface area contributed by atoms with Gasteiger partial charge in [0.1, 0.15) is 0 Å². The van der Waals surface area contributed by atoms with Crippen molar-refractivity contribution in [1.29, 1.82) is 0 Å². The Labute approximate surface area is 59.1 Å². The van der Waals surface area contributed by atoms with E-state index in [0.29, 0.717) is 0 Å². The minimum atomic E-state index is -2.64. The molecule has 9 heavy (non-hydrogen) atoms. The van der Waals surface area contributed by atoms with Crippen molar-refractivity contribution < 1.29 is 19.1 Å². The van der Waals surface area contributed by atoms with Crippen LogP contribution in [0, 0.1) is 0 Å². The minimum absolute atomic E-state index is 0.722. The van der Waals surface area contributed by atoms with E-state index >= 15 is 0 Å². The van der Waals surface area contributed by atoms with Gasteiger partial charge < -0.3 is 9.53 Å². The largest absolute Gasteiger partial charge is 0.702 e. The van der Waals surface area contributed by atoms with E-state index in [2.05, 4.69) is 4.74 Å². The fourth-order valence-electron chi connectivity index (χ4n) is 0.440. The van der Waals surface area contributed by atoms with Gasteiger partial charge in [-0.25, -0.2) is 0 Å². The van der Waals surface area contributed by atoms with E-state index < -0.39 is 27.9 Å². The summed E-state index contributed by atoms with van der Waals surface area (Å²) < 4.78 is 3.05. The summed E-state index contributed by atoms with van der Waals surface area (Å²) in [6.07, 6.45) is 0. The number of halogens is 1. The van der Waals surface area contributed by atoms with Gasteiger partial charge in [0.25, 0.3) is 0 Å². The van der Waals surface area contributed by atoms with Gasteiger partial charge in [0.2, 0.25) is 9.66 Å². The van der Waals surface area contributed by atoms with Crippen LogP contribution in [0.25, 0.3) is 0 Å². The second kappa shape index (κ2) is 2.10. The van der Waals surface area contributed by atoms with Crippen molar-refractivity contribution in [2.24, 2.45) is 0 Å². The lowest BCUT2D eigenvalue weighted by atomic mass is 11.3. The monoisotopic (exact) mass is 162 g/mol. The summed E-state index contributed by atoms with van der Waals surface area (Å²) in [4.78, 5) is 29.1. The second-order valence-electron chi connectivity index (χ2n) is 1.48. The first-order valence-electron chi connectivity index (χ1n) is 2.08. The Balaban J connectivity index is 2.70. The topological polar surface area (TPSA) is 60.4 Å². The molecule has 1 rings (SSSR count). The molecular formula is C3AlClO4. The summed E-state index contributed by atoms with van der Waals surface area (Å²) in [6, 6.07) is 0. The van der Waals surface area contributed by atoms with E-state index in [9.17, 15) is 14.4 Å². The normalized spacial score (nSPS) is 16.8. The molecule has 0 aromatic heterocycles. The van der Waals surface area contributed by atoms with E-state index in [0.717, 1.165) is 0 Å². The molecule has 0 unspecified atom stereocenters. The summed E-state index contributed by atoms with van der Waals surface area (Å²) >= 11 is 2.23. The average molecular weight is 162 g/mol. The molecule has 0 atom stereocenters. The maximum Gasteiger partial charge on any atom is 0.702 e. The fraction of sp³-hybridized carbons (Fsp3) is 0. The Bertz CT molecular complexity index is 175.